The molecule has 0 atom stereocenters. The number of aromatic nitrogens is 1. The second-order valence-electron chi connectivity index (χ2n) is 2.13. The van der Waals surface area contributed by atoms with Gasteiger partial charge in [0.05, 0.1) is 5.56 Å². The first-order chi connectivity index (χ1) is 5.96. The number of pyridine rings is 1. The number of nitriles is 1. The minimum absolute atomic E-state index is 0.0947. The fourth-order valence-corrected chi connectivity index (χ4v) is 1.15. The Hall–Kier alpha value is -1.09. The summed E-state index contributed by atoms with van der Waals surface area (Å²) in [6.07, 6.45) is -3.59. The van der Waals surface area contributed by atoms with E-state index in [1.54, 1.807) is 0 Å². The lowest BCUT2D eigenvalue weighted by molar-refractivity contribution is -0.141. The third kappa shape index (κ3) is 1.98. The molecular formula is C7H2BrF3N2. The maximum atomic E-state index is 12.2. The Morgan fingerprint density at radius 3 is 2.46 bits per heavy atom. The second-order valence-corrected chi connectivity index (χ2v) is 2.98. The molecule has 1 heterocycles. The molecule has 0 aliphatic carbocycles. The van der Waals surface area contributed by atoms with Gasteiger partial charge in [0.15, 0.2) is 5.69 Å². The van der Waals surface area contributed by atoms with Gasteiger partial charge in [-0.15, -0.1) is 0 Å². The van der Waals surface area contributed by atoms with E-state index in [0.29, 0.717) is 0 Å². The van der Waals surface area contributed by atoms with Crippen molar-refractivity contribution in [2.75, 3.05) is 0 Å². The van der Waals surface area contributed by atoms with Crippen molar-refractivity contribution in [3.05, 3.63) is 28.0 Å². The predicted molar refractivity (Wildman–Crippen MR) is 41.7 cm³/mol. The first-order valence-electron chi connectivity index (χ1n) is 3.08. The van der Waals surface area contributed by atoms with Crippen molar-refractivity contribution in [3.8, 4) is 6.07 Å². The molecule has 1 aromatic heterocycles. The molecule has 2 nitrogen and oxygen atoms in total. The van der Waals surface area contributed by atoms with Crippen LogP contribution in [0.25, 0.3) is 0 Å². The number of nitrogens with zero attached hydrogens (tertiary/aromatic N) is 2. The van der Waals surface area contributed by atoms with Crippen LogP contribution < -0.4 is 0 Å². The summed E-state index contributed by atoms with van der Waals surface area (Å²) < 4.78 is 36.6. The lowest BCUT2D eigenvalue weighted by atomic mass is 10.2. The van der Waals surface area contributed by atoms with Crippen LogP contribution in [0.5, 0.6) is 0 Å². The number of hydrogen-bond acceptors (Lipinski definition) is 2. The molecule has 0 bridgehead atoms. The number of hydrogen-bond donors (Lipinski definition) is 0. The smallest absolute Gasteiger partial charge is 0.250 e. The van der Waals surface area contributed by atoms with Crippen molar-refractivity contribution in [1.29, 1.82) is 5.26 Å². The third-order valence-corrected chi connectivity index (χ3v) is 1.94. The van der Waals surface area contributed by atoms with Crippen LogP contribution in [0.1, 0.15) is 11.3 Å². The molecule has 0 unspecified atom stereocenters. The zero-order valence-electron chi connectivity index (χ0n) is 6.06. The van der Waals surface area contributed by atoms with E-state index in [1.807, 2.05) is 0 Å². The van der Waals surface area contributed by atoms with E-state index in [4.69, 9.17) is 5.26 Å². The molecule has 0 aromatic carbocycles. The van der Waals surface area contributed by atoms with Crippen molar-refractivity contribution < 1.29 is 13.2 Å². The lowest BCUT2D eigenvalue weighted by Crippen LogP contribution is -2.10. The zero-order chi connectivity index (χ0) is 10.1. The lowest BCUT2D eigenvalue weighted by Gasteiger charge is -2.07. The SMILES string of the molecule is N#Cc1c(Br)ccnc1C(F)(F)F. The van der Waals surface area contributed by atoms with Crippen LogP contribution >= 0.6 is 15.9 Å². The van der Waals surface area contributed by atoms with Crippen molar-refractivity contribution in [1.82, 2.24) is 4.98 Å². The van der Waals surface area contributed by atoms with Gasteiger partial charge in [-0.1, -0.05) is 0 Å². The average molecular weight is 251 g/mol. The van der Waals surface area contributed by atoms with Gasteiger partial charge in [0.2, 0.25) is 0 Å². The Morgan fingerprint density at radius 2 is 2.08 bits per heavy atom. The molecular weight excluding hydrogens is 249 g/mol. The van der Waals surface area contributed by atoms with Gasteiger partial charge in [0.25, 0.3) is 0 Å². The Labute approximate surface area is 80.1 Å². The molecule has 13 heavy (non-hydrogen) atoms. The maximum Gasteiger partial charge on any atom is 0.434 e. The van der Waals surface area contributed by atoms with Gasteiger partial charge in [0.1, 0.15) is 6.07 Å². The Morgan fingerprint density at radius 1 is 1.46 bits per heavy atom. The molecule has 0 aliphatic rings. The first kappa shape index (κ1) is 9.99. The monoisotopic (exact) mass is 250 g/mol. The van der Waals surface area contributed by atoms with Crippen LogP contribution in [0.3, 0.4) is 0 Å². The summed E-state index contributed by atoms with van der Waals surface area (Å²) in [5, 5.41) is 8.44. The van der Waals surface area contributed by atoms with E-state index in [-0.39, 0.29) is 4.47 Å². The van der Waals surface area contributed by atoms with Gasteiger partial charge in [-0.2, -0.15) is 18.4 Å². The topological polar surface area (TPSA) is 36.7 Å². The van der Waals surface area contributed by atoms with E-state index >= 15 is 0 Å². The van der Waals surface area contributed by atoms with Crippen LogP contribution in [-0.2, 0) is 6.18 Å². The fourth-order valence-electron chi connectivity index (χ4n) is 0.760. The van der Waals surface area contributed by atoms with E-state index in [2.05, 4.69) is 20.9 Å². The van der Waals surface area contributed by atoms with Gasteiger partial charge in [-0.3, -0.25) is 4.98 Å². The van der Waals surface area contributed by atoms with Crippen molar-refractivity contribution in [2.24, 2.45) is 0 Å². The van der Waals surface area contributed by atoms with Gasteiger partial charge in [-0.25, -0.2) is 0 Å². The molecule has 0 amide bonds. The molecule has 1 rings (SSSR count). The first-order valence-corrected chi connectivity index (χ1v) is 3.88. The van der Waals surface area contributed by atoms with Crippen molar-refractivity contribution in [2.45, 2.75) is 6.18 Å². The van der Waals surface area contributed by atoms with Crippen LogP contribution in [0.4, 0.5) is 13.2 Å². The van der Waals surface area contributed by atoms with Crippen molar-refractivity contribution >= 4 is 15.9 Å². The largest absolute Gasteiger partial charge is 0.434 e. The van der Waals surface area contributed by atoms with Gasteiger partial charge in [-0.05, 0) is 22.0 Å². The summed E-state index contributed by atoms with van der Waals surface area (Å²) in [6, 6.07) is 2.73. The van der Waals surface area contributed by atoms with Crippen LogP contribution in [0.15, 0.2) is 16.7 Å². The van der Waals surface area contributed by atoms with Gasteiger partial charge < -0.3 is 0 Å². The highest BCUT2D eigenvalue weighted by Crippen LogP contribution is 2.32. The summed E-state index contributed by atoms with van der Waals surface area (Å²) in [5.74, 6) is 0. The Bertz CT molecular complexity index is 367. The molecule has 0 radical (unpaired) electrons. The van der Waals surface area contributed by atoms with Gasteiger partial charge >= 0.3 is 6.18 Å². The minimum Gasteiger partial charge on any atom is -0.250 e. The molecule has 0 saturated carbocycles. The molecule has 0 aliphatic heterocycles. The summed E-state index contributed by atoms with van der Waals surface area (Å²) in [6.45, 7) is 0. The van der Waals surface area contributed by atoms with E-state index in [0.717, 1.165) is 6.20 Å². The standard InChI is InChI=1S/C7H2BrF3N2/c8-5-1-2-13-6(4(5)3-12)7(9,10)11/h1-2H. The van der Waals surface area contributed by atoms with Crippen LogP contribution in [0.2, 0.25) is 0 Å². The minimum atomic E-state index is -4.59. The second kappa shape index (κ2) is 3.34. The molecule has 0 spiro atoms. The zero-order valence-corrected chi connectivity index (χ0v) is 7.65. The van der Waals surface area contributed by atoms with Gasteiger partial charge in [0, 0.05) is 10.7 Å². The van der Waals surface area contributed by atoms with E-state index in [9.17, 15) is 13.2 Å². The molecule has 68 valence electrons. The summed E-state index contributed by atoms with van der Waals surface area (Å²) >= 11 is 2.84. The molecule has 6 heteroatoms. The van der Waals surface area contributed by atoms with E-state index < -0.39 is 17.4 Å². The number of alkyl halides is 3. The molecule has 0 fully saturated rings. The third-order valence-electron chi connectivity index (χ3n) is 1.28. The maximum absolute atomic E-state index is 12.2. The average Bonchev–Trinajstić information content (AvgIpc) is 2.02. The highest BCUT2D eigenvalue weighted by molar-refractivity contribution is 9.10. The Kier molecular flexibility index (Phi) is 2.57. The normalized spacial score (nSPS) is 11.0. The molecule has 0 saturated heterocycles. The van der Waals surface area contributed by atoms with Crippen LogP contribution in [0, 0.1) is 11.3 Å². The highest BCUT2D eigenvalue weighted by Gasteiger charge is 2.36. The number of halogens is 4. The van der Waals surface area contributed by atoms with Crippen molar-refractivity contribution in [3.63, 3.8) is 0 Å². The van der Waals surface area contributed by atoms with Crippen LogP contribution in [-0.4, -0.2) is 4.98 Å². The number of rotatable bonds is 0. The summed E-state index contributed by atoms with van der Waals surface area (Å²) in [5.41, 5.74) is -1.65. The van der Waals surface area contributed by atoms with E-state index in [1.165, 1.54) is 12.1 Å². The quantitative estimate of drug-likeness (QED) is 0.710. The fraction of sp³-hybridized carbons (Fsp3) is 0.143. The molecule has 0 N–H and O–H groups in total. The Balaban J connectivity index is 3.40. The summed E-state index contributed by atoms with van der Waals surface area (Å²) in [7, 11) is 0. The summed E-state index contributed by atoms with van der Waals surface area (Å²) in [4.78, 5) is 3.10. The predicted octanol–water partition coefficient (Wildman–Crippen LogP) is 2.73. The molecule has 1 aromatic rings. The highest BCUT2D eigenvalue weighted by atomic mass is 79.9.